The van der Waals surface area contributed by atoms with Crippen molar-refractivity contribution < 1.29 is 9.90 Å². The zero-order valence-corrected chi connectivity index (χ0v) is 21.7. The first kappa shape index (κ1) is 23.9. The number of halogens is 1. The van der Waals surface area contributed by atoms with Crippen molar-refractivity contribution in [2.45, 2.75) is 55.4 Å². The van der Waals surface area contributed by atoms with E-state index in [2.05, 4.69) is 68.7 Å². The number of hydrogen-bond donors (Lipinski definition) is 3. The van der Waals surface area contributed by atoms with Crippen molar-refractivity contribution >= 4 is 27.6 Å². The summed E-state index contributed by atoms with van der Waals surface area (Å²) in [5, 5.41) is 17.7. The highest BCUT2D eigenvalue weighted by molar-refractivity contribution is 9.09. The van der Waals surface area contributed by atoms with E-state index in [1.165, 1.54) is 16.8 Å². The molecule has 0 aromatic heterocycles. The molecule has 2 atom stereocenters. The molecule has 2 unspecified atom stereocenters. The maximum Gasteiger partial charge on any atom is 0.321 e. The summed E-state index contributed by atoms with van der Waals surface area (Å²) in [6.45, 7) is 7.35. The molecule has 3 N–H and O–H groups in total. The Bertz CT molecular complexity index is 961. The Kier molecular flexibility index (Phi) is 7.05. The number of nitrogens with zero attached hydrogens (tertiary/aromatic N) is 2. The summed E-state index contributed by atoms with van der Waals surface area (Å²) in [7, 11) is 0. The first-order valence-electron chi connectivity index (χ1n) is 12.7. The van der Waals surface area contributed by atoms with Gasteiger partial charge in [-0.2, -0.15) is 0 Å². The fraction of sp³-hybridized carbons (Fsp3) is 0.593. The largest absolute Gasteiger partial charge is 0.392 e. The average Bonchev–Trinajstić information content (AvgIpc) is 3.21. The van der Waals surface area contributed by atoms with Crippen LogP contribution < -0.4 is 10.6 Å². The number of carbonyl (C=O) groups is 1. The van der Waals surface area contributed by atoms with Crippen molar-refractivity contribution in [3.63, 3.8) is 0 Å². The number of allylic oxidation sites excluding steroid dienone is 4. The fourth-order valence-corrected chi connectivity index (χ4v) is 6.54. The van der Waals surface area contributed by atoms with Crippen LogP contribution in [0.15, 0.2) is 47.7 Å². The third-order valence-electron chi connectivity index (χ3n) is 8.45. The smallest absolute Gasteiger partial charge is 0.321 e. The van der Waals surface area contributed by atoms with Crippen LogP contribution in [0.1, 0.15) is 44.6 Å². The van der Waals surface area contributed by atoms with E-state index in [1.54, 1.807) is 0 Å². The summed E-state index contributed by atoms with van der Waals surface area (Å²) in [6, 6.07) is 8.72. The van der Waals surface area contributed by atoms with Crippen molar-refractivity contribution in [3.8, 4) is 0 Å². The number of rotatable bonds is 4. The van der Waals surface area contributed by atoms with E-state index >= 15 is 0 Å². The highest BCUT2D eigenvalue weighted by Crippen LogP contribution is 2.43. The summed E-state index contributed by atoms with van der Waals surface area (Å²) in [6.07, 6.45) is 8.56. The van der Waals surface area contributed by atoms with Crippen LogP contribution in [-0.4, -0.2) is 71.1 Å². The molecule has 4 aliphatic rings. The van der Waals surface area contributed by atoms with Crippen LogP contribution >= 0.6 is 15.9 Å². The van der Waals surface area contributed by atoms with Gasteiger partial charge in [0.15, 0.2) is 0 Å². The molecule has 184 valence electrons. The highest BCUT2D eigenvalue weighted by atomic mass is 79.9. The van der Waals surface area contributed by atoms with Gasteiger partial charge in [-0.1, -0.05) is 45.8 Å². The minimum atomic E-state index is -0.323. The maximum atomic E-state index is 12.7. The van der Waals surface area contributed by atoms with E-state index < -0.39 is 0 Å². The molecular weight excluding hydrogens is 492 g/mol. The van der Waals surface area contributed by atoms with E-state index in [0.717, 1.165) is 64.0 Å². The number of anilines is 1. The lowest BCUT2D eigenvalue weighted by Gasteiger charge is -2.41. The van der Waals surface area contributed by atoms with Crippen molar-refractivity contribution in [1.29, 1.82) is 0 Å². The zero-order valence-electron chi connectivity index (χ0n) is 20.1. The van der Waals surface area contributed by atoms with Crippen LogP contribution in [-0.2, 0) is 5.41 Å². The van der Waals surface area contributed by atoms with Gasteiger partial charge in [0, 0.05) is 54.2 Å². The van der Waals surface area contributed by atoms with Crippen molar-refractivity contribution in [1.82, 2.24) is 15.1 Å². The number of benzene rings is 1. The molecule has 2 amide bonds. The molecule has 0 saturated carbocycles. The Morgan fingerprint density at radius 3 is 2.68 bits per heavy atom. The number of para-hydroxylation sites is 1. The number of fused-ring (bicyclic) bond motifs is 2. The number of likely N-dealkylation sites (tertiary alicyclic amines) is 2. The van der Waals surface area contributed by atoms with Crippen LogP contribution in [0.3, 0.4) is 0 Å². The van der Waals surface area contributed by atoms with Crippen LogP contribution in [0.25, 0.3) is 0 Å². The number of β-amino-alcohol motifs (C(OH)–C–C–N with tert-alkyl or cyclic N) is 1. The standard InChI is InChI=1S/C27H37BrN4O2/c1-19-6-7-21(16-23(19)28)30-26(34)32-12-8-20(9-13-32)25(33)17-31-14-10-27(11-15-31)18-29-24-5-3-2-4-22(24)27/h2-7,20,23,25,29,33H,8-18H2,1H3,(H,30,34). The van der Waals surface area contributed by atoms with Gasteiger partial charge >= 0.3 is 6.03 Å². The van der Waals surface area contributed by atoms with Crippen molar-refractivity contribution in [2.75, 3.05) is 44.6 Å². The lowest BCUT2D eigenvalue weighted by Crippen LogP contribution is -2.49. The first-order chi connectivity index (χ1) is 16.4. The summed E-state index contributed by atoms with van der Waals surface area (Å²) in [5.74, 6) is 0.264. The number of carbonyl (C=O) groups excluding carboxylic acids is 1. The van der Waals surface area contributed by atoms with Gasteiger partial charge in [0.2, 0.25) is 0 Å². The molecule has 2 fully saturated rings. The molecule has 3 heterocycles. The lowest BCUT2D eigenvalue weighted by molar-refractivity contribution is 0.0260. The molecule has 2 saturated heterocycles. The van der Waals surface area contributed by atoms with Crippen molar-refractivity contribution in [2.24, 2.45) is 5.92 Å². The lowest BCUT2D eigenvalue weighted by atomic mass is 9.74. The summed E-state index contributed by atoms with van der Waals surface area (Å²) < 4.78 is 0. The molecular formula is C27H37BrN4O2. The molecule has 1 spiro atoms. The molecule has 1 aromatic carbocycles. The highest BCUT2D eigenvalue weighted by Gasteiger charge is 2.41. The third kappa shape index (κ3) is 4.93. The number of hydrogen-bond acceptors (Lipinski definition) is 4. The van der Waals surface area contributed by atoms with Gasteiger partial charge < -0.3 is 25.5 Å². The predicted molar refractivity (Wildman–Crippen MR) is 140 cm³/mol. The van der Waals surface area contributed by atoms with Crippen LogP contribution in [0, 0.1) is 5.92 Å². The molecule has 3 aliphatic heterocycles. The molecule has 1 aliphatic carbocycles. The summed E-state index contributed by atoms with van der Waals surface area (Å²) in [5.41, 5.74) is 5.27. The van der Waals surface area contributed by atoms with Gasteiger partial charge in [-0.15, -0.1) is 0 Å². The summed E-state index contributed by atoms with van der Waals surface area (Å²) in [4.78, 5) is 17.3. The second kappa shape index (κ2) is 10.0. The molecule has 7 heteroatoms. The third-order valence-corrected chi connectivity index (χ3v) is 9.50. The first-order valence-corrected chi connectivity index (χ1v) is 13.7. The van der Waals surface area contributed by atoms with Gasteiger partial charge in [-0.25, -0.2) is 4.79 Å². The van der Waals surface area contributed by atoms with E-state index in [9.17, 15) is 9.90 Å². The number of amides is 2. The van der Waals surface area contributed by atoms with Crippen molar-refractivity contribution in [3.05, 3.63) is 53.3 Å². The molecule has 0 radical (unpaired) electrons. The van der Waals surface area contributed by atoms with Gasteiger partial charge in [0.05, 0.1) is 6.10 Å². The fourth-order valence-electron chi connectivity index (χ4n) is 6.04. The van der Waals surface area contributed by atoms with E-state index in [0.29, 0.717) is 13.1 Å². The SMILES string of the molecule is CC1=CC=C(NC(=O)N2CCC(C(O)CN3CCC4(CC3)CNc3ccccc34)CC2)CC1Br. The molecule has 5 rings (SSSR count). The monoisotopic (exact) mass is 528 g/mol. The Labute approximate surface area is 211 Å². The van der Waals surface area contributed by atoms with Crippen LogP contribution in [0.4, 0.5) is 10.5 Å². The normalized spacial score (nSPS) is 25.9. The number of piperidine rings is 2. The predicted octanol–water partition coefficient (Wildman–Crippen LogP) is 4.23. The minimum absolute atomic E-state index is 0.0152. The van der Waals surface area contributed by atoms with Crippen LogP contribution in [0.2, 0.25) is 0 Å². The second-order valence-electron chi connectivity index (χ2n) is 10.6. The van der Waals surface area contributed by atoms with E-state index in [1.807, 2.05) is 11.0 Å². The minimum Gasteiger partial charge on any atom is -0.392 e. The quantitative estimate of drug-likeness (QED) is 0.511. The van der Waals surface area contributed by atoms with Crippen LogP contribution in [0.5, 0.6) is 0 Å². The molecule has 34 heavy (non-hydrogen) atoms. The number of urea groups is 1. The number of alkyl halides is 1. The van der Waals surface area contributed by atoms with E-state index in [4.69, 9.17) is 0 Å². The molecule has 1 aromatic rings. The van der Waals surface area contributed by atoms with Gasteiger partial charge in [-0.3, -0.25) is 0 Å². The Morgan fingerprint density at radius 2 is 1.94 bits per heavy atom. The average molecular weight is 530 g/mol. The second-order valence-corrected chi connectivity index (χ2v) is 11.7. The Morgan fingerprint density at radius 1 is 1.21 bits per heavy atom. The van der Waals surface area contributed by atoms with Gasteiger partial charge in [0.1, 0.15) is 0 Å². The molecule has 0 bridgehead atoms. The zero-order chi connectivity index (χ0) is 23.7. The Balaban J connectivity index is 1.06. The Hall–Kier alpha value is -1.83. The number of aliphatic hydroxyl groups excluding tert-OH is 1. The van der Waals surface area contributed by atoms with E-state index in [-0.39, 0.29) is 28.3 Å². The molecule has 6 nitrogen and oxygen atoms in total. The van der Waals surface area contributed by atoms with Gasteiger partial charge in [0.25, 0.3) is 0 Å². The number of nitrogens with one attached hydrogen (secondary N) is 2. The number of aliphatic hydroxyl groups is 1. The van der Waals surface area contributed by atoms with Gasteiger partial charge in [-0.05, 0) is 69.3 Å². The maximum absolute atomic E-state index is 12.7. The summed E-state index contributed by atoms with van der Waals surface area (Å²) >= 11 is 3.66. The topological polar surface area (TPSA) is 67.8 Å².